The van der Waals surface area contributed by atoms with Crippen molar-refractivity contribution < 1.29 is 26.7 Å². The van der Waals surface area contributed by atoms with Crippen LogP contribution < -0.4 is 4.72 Å². The lowest BCUT2D eigenvalue weighted by molar-refractivity contribution is -0.134. The summed E-state index contributed by atoms with van der Waals surface area (Å²) < 4.78 is 59.2. The highest BCUT2D eigenvalue weighted by molar-refractivity contribution is 7.89. The van der Waals surface area contributed by atoms with Crippen molar-refractivity contribution in [1.82, 2.24) is 4.72 Å². The van der Waals surface area contributed by atoms with Crippen LogP contribution in [-0.4, -0.2) is 38.6 Å². The molecule has 8 heteroatoms. The fourth-order valence-electron chi connectivity index (χ4n) is 0.842. The minimum atomic E-state index is -4.32. The molecule has 0 saturated carbocycles. The van der Waals surface area contributed by atoms with Gasteiger partial charge < -0.3 is 5.11 Å². The standard InChI is InChI=1S/C7H14F3NO3S/c8-7(9,10)3-1-6-15(13,14)11-4-2-5-12/h11-12H,1-6H2. The molecular weight excluding hydrogens is 235 g/mol. The first-order valence-corrected chi connectivity index (χ1v) is 6.07. The zero-order chi connectivity index (χ0) is 11.9. The van der Waals surface area contributed by atoms with Crippen molar-refractivity contribution in [2.75, 3.05) is 18.9 Å². The summed E-state index contributed by atoms with van der Waals surface area (Å²) >= 11 is 0. The molecular formula is C7H14F3NO3S. The summed E-state index contributed by atoms with van der Waals surface area (Å²) in [4.78, 5) is 0. The first kappa shape index (κ1) is 14.7. The van der Waals surface area contributed by atoms with Gasteiger partial charge in [-0.15, -0.1) is 0 Å². The minimum Gasteiger partial charge on any atom is -0.396 e. The number of alkyl halides is 3. The van der Waals surface area contributed by atoms with Crippen LogP contribution in [0.3, 0.4) is 0 Å². The molecule has 0 atom stereocenters. The quantitative estimate of drug-likeness (QED) is 0.650. The maximum atomic E-state index is 11.7. The van der Waals surface area contributed by atoms with E-state index in [1.165, 1.54) is 0 Å². The zero-order valence-electron chi connectivity index (χ0n) is 8.05. The highest BCUT2D eigenvalue weighted by Crippen LogP contribution is 2.21. The number of hydrogen-bond donors (Lipinski definition) is 2. The average molecular weight is 249 g/mol. The number of halogens is 3. The van der Waals surface area contributed by atoms with Crippen LogP contribution in [0.2, 0.25) is 0 Å². The molecule has 2 N–H and O–H groups in total. The van der Waals surface area contributed by atoms with Crippen molar-refractivity contribution in [3.8, 4) is 0 Å². The van der Waals surface area contributed by atoms with Crippen LogP contribution in [0, 0.1) is 0 Å². The van der Waals surface area contributed by atoms with Crippen LogP contribution in [-0.2, 0) is 10.0 Å². The molecule has 0 rings (SSSR count). The molecule has 0 radical (unpaired) electrons. The van der Waals surface area contributed by atoms with Crippen molar-refractivity contribution in [3.05, 3.63) is 0 Å². The third-order valence-electron chi connectivity index (χ3n) is 1.53. The highest BCUT2D eigenvalue weighted by atomic mass is 32.2. The Morgan fingerprint density at radius 1 is 1.20 bits per heavy atom. The Bertz CT molecular complexity index is 263. The van der Waals surface area contributed by atoms with Crippen molar-refractivity contribution in [2.45, 2.75) is 25.4 Å². The van der Waals surface area contributed by atoms with E-state index in [1.54, 1.807) is 0 Å². The Morgan fingerprint density at radius 2 is 1.80 bits per heavy atom. The van der Waals surface area contributed by atoms with Gasteiger partial charge in [-0.05, 0) is 12.8 Å². The summed E-state index contributed by atoms with van der Waals surface area (Å²) in [6, 6.07) is 0. The number of sulfonamides is 1. The van der Waals surface area contributed by atoms with E-state index in [9.17, 15) is 21.6 Å². The molecule has 0 saturated heterocycles. The van der Waals surface area contributed by atoms with Crippen molar-refractivity contribution in [3.63, 3.8) is 0 Å². The monoisotopic (exact) mass is 249 g/mol. The van der Waals surface area contributed by atoms with Gasteiger partial charge in [0, 0.05) is 19.6 Å². The lowest BCUT2D eigenvalue weighted by Crippen LogP contribution is -2.28. The van der Waals surface area contributed by atoms with E-state index in [-0.39, 0.29) is 19.6 Å². The van der Waals surface area contributed by atoms with E-state index < -0.39 is 34.8 Å². The lowest BCUT2D eigenvalue weighted by atomic mass is 10.3. The summed E-state index contributed by atoms with van der Waals surface area (Å²) in [7, 11) is -3.64. The smallest absolute Gasteiger partial charge is 0.389 e. The van der Waals surface area contributed by atoms with Gasteiger partial charge in [0.25, 0.3) is 0 Å². The van der Waals surface area contributed by atoms with Crippen molar-refractivity contribution in [1.29, 1.82) is 0 Å². The number of aliphatic hydroxyl groups excluding tert-OH is 1. The van der Waals surface area contributed by atoms with E-state index in [1.807, 2.05) is 0 Å². The molecule has 0 aromatic carbocycles. The van der Waals surface area contributed by atoms with Crippen molar-refractivity contribution in [2.24, 2.45) is 0 Å². The number of rotatable bonds is 7. The molecule has 0 aromatic rings. The maximum Gasteiger partial charge on any atom is 0.389 e. The largest absolute Gasteiger partial charge is 0.396 e. The molecule has 0 aromatic heterocycles. The summed E-state index contributed by atoms with van der Waals surface area (Å²) in [6.07, 6.45) is -5.62. The third-order valence-corrected chi connectivity index (χ3v) is 3.00. The molecule has 0 fully saturated rings. The van der Waals surface area contributed by atoms with E-state index in [0.29, 0.717) is 0 Å². The molecule has 0 heterocycles. The summed E-state index contributed by atoms with van der Waals surface area (Å²) in [5.41, 5.74) is 0. The highest BCUT2D eigenvalue weighted by Gasteiger charge is 2.27. The number of hydrogen-bond acceptors (Lipinski definition) is 3. The van der Waals surface area contributed by atoms with Crippen LogP contribution in [0.25, 0.3) is 0 Å². The molecule has 0 aliphatic rings. The molecule has 92 valence electrons. The normalized spacial score (nSPS) is 13.1. The molecule has 0 aliphatic heterocycles. The molecule has 0 amide bonds. The van der Waals surface area contributed by atoms with Crippen LogP contribution >= 0.6 is 0 Å². The number of aliphatic hydroxyl groups is 1. The molecule has 0 unspecified atom stereocenters. The second kappa shape index (κ2) is 6.29. The van der Waals surface area contributed by atoms with Gasteiger partial charge >= 0.3 is 6.18 Å². The van der Waals surface area contributed by atoms with Crippen LogP contribution in [0.5, 0.6) is 0 Å². The van der Waals surface area contributed by atoms with Gasteiger partial charge in [0.15, 0.2) is 0 Å². The van der Waals surface area contributed by atoms with Crippen LogP contribution in [0.1, 0.15) is 19.3 Å². The van der Waals surface area contributed by atoms with Gasteiger partial charge in [0.05, 0.1) is 5.75 Å². The van der Waals surface area contributed by atoms with Gasteiger partial charge in [-0.2, -0.15) is 13.2 Å². The second-order valence-electron chi connectivity index (χ2n) is 3.01. The van der Waals surface area contributed by atoms with E-state index in [0.717, 1.165) is 0 Å². The lowest BCUT2D eigenvalue weighted by Gasteiger charge is -2.07. The van der Waals surface area contributed by atoms with Gasteiger partial charge in [0.1, 0.15) is 0 Å². The first-order valence-electron chi connectivity index (χ1n) is 4.42. The Kier molecular flexibility index (Phi) is 6.15. The fraction of sp³-hybridized carbons (Fsp3) is 1.00. The molecule has 0 spiro atoms. The average Bonchev–Trinajstić information content (AvgIpc) is 2.01. The van der Waals surface area contributed by atoms with Gasteiger partial charge in [-0.1, -0.05) is 0 Å². The summed E-state index contributed by atoms with van der Waals surface area (Å²) in [6.45, 7) is -0.115. The second-order valence-corrected chi connectivity index (χ2v) is 4.94. The Balaban J connectivity index is 3.75. The first-order chi connectivity index (χ1) is 6.77. The van der Waals surface area contributed by atoms with Gasteiger partial charge in [0.2, 0.25) is 10.0 Å². The van der Waals surface area contributed by atoms with E-state index >= 15 is 0 Å². The predicted molar refractivity (Wildman–Crippen MR) is 48.8 cm³/mol. The van der Waals surface area contributed by atoms with Crippen LogP contribution in [0.4, 0.5) is 13.2 Å². The summed E-state index contributed by atoms with van der Waals surface area (Å²) in [5.74, 6) is -0.544. The topological polar surface area (TPSA) is 66.4 Å². The molecule has 0 aliphatic carbocycles. The van der Waals surface area contributed by atoms with E-state index in [4.69, 9.17) is 5.11 Å². The SMILES string of the molecule is O=S(=O)(CCCC(F)(F)F)NCCCO. The minimum absolute atomic E-state index is 0.0465. The molecule has 4 nitrogen and oxygen atoms in total. The van der Waals surface area contributed by atoms with E-state index in [2.05, 4.69) is 4.72 Å². The Hall–Kier alpha value is -0.340. The third kappa shape index (κ3) is 9.95. The maximum absolute atomic E-state index is 11.7. The van der Waals surface area contributed by atoms with Crippen LogP contribution in [0.15, 0.2) is 0 Å². The Labute approximate surface area is 86.5 Å². The predicted octanol–water partition coefficient (Wildman–Crippen LogP) is 0.631. The fourth-order valence-corrected chi connectivity index (χ4v) is 1.97. The van der Waals surface area contributed by atoms with Crippen molar-refractivity contribution >= 4 is 10.0 Å². The molecule has 0 bridgehead atoms. The molecule has 15 heavy (non-hydrogen) atoms. The summed E-state index contributed by atoms with van der Waals surface area (Å²) in [5, 5.41) is 8.36. The van der Waals surface area contributed by atoms with Gasteiger partial charge in [-0.3, -0.25) is 0 Å². The van der Waals surface area contributed by atoms with Gasteiger partial charge in [-0.25, -0.2) is 13.1 Å². The number of nitrogens with one attached hydrogen (secondary N) is 1. The zero-order valence-corrected chi connectivity index (χ0v) is 8.86. The Morgan fingerprint density at radius 3 is 2.27 bits per heavy atom.